The molecule has 124 valence electrons. The second-order valence-corrected chi connectivity index (χ2v) is 5.71. The Hall–Kier alpha value is -1.06. The molecule has 4 heteroatoms. The number of unbranched alkanes of at least 4 members (excludes halogenated alkanes) is 3. The quantitative estimate of drug-likeness (QED) is 0.377. The number of esters is 2. The molecular formula is C17H32O4. The SMILES string of the molecule is CCCCCCOC(=O)CCCC(=O)OCC(C)CCC. The van der Waals surface area contributed by atoms with E-state index in [0.29, 0.717) is 38.4 Å². The first kappa shape index (κ1) is 19.9. The average Bonchev–Trinajstić information content (AvgIpc) is 2.45. The summed E-state index contributed by atoms with van der Waals surface area (Å²) < 4.78 is 10.3. The van der Waals surface area contributed by atoms with Crippen LogP contribution in [0.3, 0.4) is 0 Å². The van der Waals surface area contributed by atoms with Gasteiger partial charge in [-0.2, -0.15) is 0 Å². The van der Waals surface area contributed by atoms with Crippen molar-refractivity contribution in [3.8, 4) is 0 Å². The highest BCUT2D eigenvalue weighted by Gasteiger charge is 2.09. The van der Waals surface area contributed by atoms with Crippen LogP contribution >= 0.6 is 0 Å². The van der Waals surface area contributed by atoms with E-state index in [1.807, 2.05) is 0 Å². The van der Waals surface area contributed by atoms with E-state index in [-0.39, 0.29) is 11.9 Å². The van der Waals surface area contributed by atoms with Crippen molar-refractivity contribution in [1.82, 2.24) is 0 Å². The second-order valence-electron chi connectivity index (χ2n) is 5.71. The Morgan fingerprint density at radius 1 is 0.857 bits per heavy atom. The van der Waals surface area contributed by atoms with Crippen LogP contribution < -0.4 is 0 Å². The van der Waals surface area contributed by atoms with Crippen LogP contribution in [0.4, 0.5) is 0 Å². The molecule has 21 heavy (non-hydrogen) atoms. The molecule has 0 saturated carbocycles. The summed E-state index contributed by atoms with van der Waals surface area (Å²) in [5.74, 6) is -0.0145. The largest absolute Gasteiger partial charge is 0.466 e. The molecule has 4 nitrogen and oxygen atoms in total. The van der Waals surface area contributed by atoms with Crippen molar-refractivity contribution >= 4 is 11.9 Å². The average molecular weight is 300 g/mol. The van der Waals surface area contributed by atoms with Gasteiger partial charge in [-0.25, -0.2) is 0 Å². The maximum atomic E-state index is 11.5. The molecule has 1 unspecified atom stereocenters. The fraction of sp³-hybridized carbons (Fsp3) is 0.882. The molecule has 0 radical (unpaired) electrons. The highest BCUT2D eigenvalue weighted by Crippen LogP contribution is 2.07. The Balaban J connectivity index is 3.46. The molecule has 0 heterocycles. The van der Waals surface area contributed by atoms with Crippen LogP contribution in [0.25, 0.3) is 0 Å². The molecule has 0 aromatic carbocycles. The smallest absolute Gasteiger partial charge is 0.305 e. The third-order valence-corrected chi connectivity index (χ3v) is 3.33. The molecule has 0 N–H and O–H groups in total. The van der Waals surface area contributed by atoms with Crippen LogP contribution in [0.15, 0.2) is 0 Å². The summed E-state index contributed by atoms with van der Waals surface area (Å²) in [6.45, 7) is 7.32. The Kier molecular flexibility index (Phi) is 13.2. The molecule has 0 amide bonds. The van der Waals surface area contributed by atoms with Gasteiger partial charge in [0.1, 0.15) is 0 Å². The van der Waals surface area contributed by atoms with Gasteiger partial charge in [0.15, 0.2) is 0 Å². The number of ether oxygens (including phenoxy) is 2. The van der Waals surface area contributed by atoms with Gasteiger partial charge in [-0.1, -0.05) is 46.5 Å². The van der Waals surface area contributed by atoms with E-state index >= 15 is 0 Å². The van der Waals surface area contributed by atoms with Crippen molar-refractivity contribution in [3.05, 3.63) is 0 Å². The third-order valence-electron chi connectivity index (χ3n) is 3.33. The van der Waals surface area contributed by atoms with Crippen LogP contribution in [0, 0.1) is 5.92 Å². The Bertz CT molecular complexity index is 276. The Morgan fingerprint density at radius 2 is 1.52 bits per heavy atom. The van der Waals surface area contributed by atoms with Crippen LogP contribution in [-0.4, -0.2) is 25.2 Å². The van der Waals surface area contributed by atoms with Crippen molar-refractivity contribution in [3.63, 3.8) is 0 Å². The highest BCUT2D eigenvalue weighted by atomic mass is 16.5. The van der Waals surface area contributed by atoms with Crippen LogP contribution in [0.2, 0.25) is 0 Å². The summed E-state index contributed by atoms with van der Waals surface area (Å²) >= 11 is 0. The van der Waals surface area contributed by atoms with Gasteiger partial charge in [-0.3, -0.25) is 9.59 Å². The summed E-state index contributed by atoms with van der Waals surface area (Å²) in [7, 11) is 0. The van der Waals surface area contributed by atoms with E-state index in [9.17, 15) is 9.59 Å². The lowest BCUT2D eigenvalue weighted by atomic mass is 10.1. The van der Waals surface area contributed by atoms with Crippen molar-refractivity contribution in [2.45, 2.75) is 78.6 Å². The zero-order valence-corrected chi connectivity index (χ0v) is 14.0. The van der Waals surface area contributed by atoms with Crippen molar-refractivity contribution in [2.24, 2.45) is 5.92 Å². The number of carbonyl (C=O) groups is 2. The molecule has 1 atom stereocenters. The fourth-order valence-corrected chi connectivity index (χ4v) is 2.05. The topological polar surface area (TPSA) is 52.6 Å². The first-order valence-corrected chi connectivity index (χ1v) is 8.41. The predicted octanol–water partition coefficient (Wildman–Crippen LogP) is 4.26. The van der Waals surface area contributed by atoms with Crippen LogP contribution in [-0.2, 0) is 19.1 Å². The summed E-state index contributed by atoms with van der Waals surface area (Å²) in [5.41, 5.74) is 0. The van der Waals surface area contributed by atoms with E-state index in [4.69, 9.17) is 9.47 Å². The normalized spacial score (nSPS) is 12.0. The predicted molar refractivity (Wildman–Crippen MR) is 84.0 cm³/mol. The summed E-state index contributed by atoms with van der Waals surface area (Å²) in [4.78, 5) is 22.9. The van der Waals surface area contributed by atoms with E-state index in [1.54, 1.807) is 0 Å². The zero-order valence-electron chi connectivity index (χ0n) is 14.0. The minimum atomic E-state index is -0.214. The molecule has 0 aliphatic rings. The van der Waals surface area contributed by atoms with Crippen molar-refractivity contribution < 1.29 is 19.1 Å². The maximum Gasteiger partial charge on any atom is 0.305 e. The van der Waals surface area contributed by atoms with Gasteiger partial charge in [-0.15, -0.1) is 0 Å². The van der Waals surface area contributed by atoms with Gasteiger partial charge in [0, 0.05) is 12.8 Å². The molecule has 0 rings (SSSR count). The molecule has 0 aromatic heterocycles. The molecule has 0 aliphatic carbocycles. The highest BCUT2D eigenvalue weighted by molar-refractivity contribution is 5.72. The molecule has 0 bridgehead atoms. The van der Waals surface area contributed by atoms with E-state index in [1.165, 1.54) is 12.8 Å². The van der Waals surface area contributed by atoms with E-state index < -0.39 is 0 Å². The molecule has 0 aliphatic heterocycles. The van der Waals surface area contributed by atoms with E-state index in [2.05, 4.69) is 20.8 Å². The van der Waals surface area contributed by atoms with Crippen LogP contribution in [0.1, 0.15) is 78.6 Å². The zero-order chi connectivity index (χ0) is 15.9. The number of rotatable bonds is 13. The molecule has 0 fully saturated rings. The Labute approximate surface area is 129 Å². The van der Waals surface area contributed by atoms with Gasteiger partial charge in [0.25, 0.3) is 0 Å². The summed E-state index contributed by atoms with van der Waals surface area (Å²) in [5, 5.41) is 0. The fourth-order valence-electron chi connectivity index (χ4n) is 2.05. The minimum absolute atomic E-state index is 0.210. The third kappa shape index (κ3) is 13.7. The van der Waals surface area contributed by atoms with Gasteiger partial charge >= 0.3 is 11.9 Å². The first-order valence-electron chi connectivity index (χ1n) is 8.41. The molecule has 0 aromatic rings. The van der Waals surface area contributed by atoms with E-state index in [0.717, 1.165) is 25.7 Å². The van der Waals surface area contributed by atoms with Crippen LogP contribution in [0.5, 0.6) is 0 Å². The standard InChI is InChI=1S/C17H32O4/c1-4-6-7-8-13-20-16(18)11-9-12-17(19)21-14-15(3)10-5-2/h15H,4-14H2,1-3H3. The Morgan fingerprint density at radius 3 is 2.14 bits per heavy atom. The van der Waals surface area contributed by atoms with Gasteiger partial charge in [-0.05, 0) is 25.2 Å². The monoisotopic (exact) mass is 300 g/mol. The minimum Gasteiger partial charge on any atom is -0.466 e. The van der Waals surface area contributed by atoms with Gasteiger partial charge in [0.2, 0.25) is 0 Å². The van der Waals surface area contributed by atoms with Crippen molar-refractivity contribution in [1.29, 1.82) is 0 Å². The van der Waals surface area contributed by atoms with Gasteiger partial charge in [0.05, 0.1) is 13.2 Å². The first-order chi connectivity index (χ1) is 10.1. The summed E-state index contributed by atoms with van der Waals surface area (Å²) in [6.07, 6.45) is 7.65. The summed E-state index contributed by atoms with van der Waals surface area (Å²) in [6, 6.07) is 0. The molecule has 0 spiro atoms. The second kappa shape index (κ2) is 13.9. The lowest BCUT2D eigenvalue weighted by molar-refractivity contribution is -0.146. The number of hydrogen-bond acceptors (Lipinski definition) is 4. The maximum absolute atomic E-state index is 11.5. The molecule has 0 saturated heterocycles. The lowest BCUT2D eigenvalue weighted by Crippen LogP contribution is -2.12. The lowest BCUT2D eigenvalue weighted by Gasteiger charge is -2.10. The van der Waals surface area contributed by atoms with Gasteiger partial charge < -0.3 is 9.47 Å². The number of hydrogen-bond donors (Lipinski definition) is 0. The molecular weight excluding hydrogens is 268 g/mol. The van der Waals surface area contributed by atoms with Crippen molar-refractivity contribution in [2.75, 3.05) is 13.2 Å². The number of carbonyl (C=O) groups excluding carboxylic acids is 2.